The lowest BCUT2D eigenvalue weighted by Gasteiger charge is -2.21. The zero-order chi connectivity index (χ0) is 18.1. The minimum Gasteiger partial charge on any atom is -0.368 e. The van der Waals surface area contributed by atoms with Crippen molar-refractivity contribution >= 4 is 17.6 Å². The number of nitrogens with two attached hydrogens (primary N) is 1. The maximum absolute atomic E-state index is 13.3. The number of aromatic nitrogens is 2. The van der Waals surface area contributed by atoms with E-state index in [4.69, 9.17) is 5.73 Å². The van der Waals surface area contributed by atoms with Gasteiger partial charge < -0.3 is 5.73 Å². The van der Waals surface area contributed by atoms with Crippen LogP contribution < -0.4 is 5.73 Å². The Morgan fingerprint density at radius 2 is 1.42 bits per heavy atom. The van der Waals surface area contributed by atoms with Crippen molar-refractivity contribution in [2.45, 2.75) is 19.3 Å². The summed E-state index contributed by atoms with van der Waals surface area (Å²) in [5.41, 5.74) is 11.3. The molecular formula is C21H17F2N3. The van der Waals surface area contributed by atoms with E-state index < -0.39 is 0 Å². The topological polar surface area (TPSA) is 51.8 Å². The van der Waals surface area contributed by atoms with E-state index in [-0.39, 0.29) is 17.6 Å². The monoisotopic (exact) mass is 349 g/mol. The van der Waals surface area contributed by atoms with Crippen molar-refractivity contribution < 1.29 is 8.78 Å². The van der Waals surface area contributed by atoms with Gasteiger partial charge in [-0.15, -0.1) is 0 Å². The lowest BCUT2D eigenvalue weighted by molar-refractivity contribution is 0.627. The molecule has 26 heavy (non-hydrogen) atoms. The Labute approximate surface area is 150 Å². The zero-order valence-corrected chi connectivity index (χ0v) is 14.0. The van der Waals surface area contributed by atoms with Crippen molar-refractivity contribution in [1.29, 1.82) is 0 Å². The molecule has 3 aromatic rings. The first-order valence-corrected chi connectivity index (χ1v) is 8.49. The van der Waals surface area contributed by atoms with Crippen LogP contribution in [0.1, 0.15) is 29.7 Å². The number of nitrogen functional groups attached to an aromatic ring is 1. The minimum atomic E-state index is -0.290. The molecule has 0 aliphatic heterocycles. The lowest BCUT2D eigenvalue weighted by atomic mass is 9.87. The van der Waals surface area contributed by atoms with E-state index in [0.717, 1.165) is 52.9 Å². The van der Waals surface area contributed by atoms with E-state index >= 15 is 0 Å². The average molecular weight is 349 g/mol. The molecule has 2 N–H and O–H groups in total. The number of hydrogen-bond donors (Lipinski definition) is 1. The summed E-state index contributed by atoms with van der Waals surface area (Å²) >= 11 is 0. The molecule has 0 saturated heterocycles. The number of benzene rings is 2. The highest BCUT2D eigenvalue weighted by Gasteiger charge is 2.21. The van der Waals surface area contributed by atoms with Gasteiger partial charge in [0.2, 0.25) is 5.95 Å². The normalized spacial score (nSPS) is 15.1. The predicted molar refractivity (Wildman–Crippen MR) is 99.0 cm³/mol. The molecule has 3 nitrogen and oxygen atoms in total. The number of nitrogens with zero attached hydrogens (tertiary/aromatic N) is 2. The summed E-state index contributed by atoms with van der Waals surface area (Å²) in [4.78, 5) is 8.87. The largest absolute Gasteiger partial charge is 0.368 e. The van der Waals surface area contributed by atoms with Crippen LogP contribution in [0, 0.1) is 11.6 Å². The molecule has 0 bridgehead atoms. The summed E-state index contributed by atoms with van der Waals surface area (Å²) in [6.07, 6.45) is 4.67. The van der Waals surface area contributed by atoms with E-state index in [9.17, 15) is 8.78 Å². The fourth-order valence-corrected chi connectivity index (χ4v) is 3.32. The van der Waals surface area contributed by atoms with Crippen molar-refractivity contribution in [3.05, 3.63) is 77.0 Å². The number of allylic oxidation sites excluding steroid dienone is 1. The summed E-state index contributed by atoms with van der Waals surface area (Å²) in [6.45, 7) is 0. The fraction of sp³-hybridized carbons (Fsp3) is 0.143. The number of halogens is 2. The van der Waals surface area contributed by atoms with E-state index in [0.29, 0.717) is 0 Å². The van der Waals surface area contributed by atoms with Crippen LogP contribution in [0.15, 0.2) is 48.5 Å². The molecule has 1 aromatic heterocycles. The second-order valence-electron chi connectivity index (χ2n) is 6.34. The van der Waals surface area contributed by atoms with Gasteiger partial charge in [-0.1, -0.05) is 12.1 Å². The Hall–Kier alpha value is -3.08. The van der Waals surface area contributed by atoms with E-state index in [1.54, 1.807) is 24.3 Å². The maximum atomic E-state index is 13.3. The molecule has 0 fully saturated rings. The van der Waals surface area contributed by atoms with Crippen LogP contribution in [-0.4, -0.2) is 9.97 Å². The number of hydrogen-bond acceptors (Lipinski definition) is 3. The Morgan fingerprint density at radius 1 is 0.808 bits per heavy atom. The van der Waals surface area contributed by atoms with Gasteiger partial charge in [-0.3, -0.25) is 0 Å². The molecule has 4 rings (SSSR count). The third-order valence-corrected chi connectivity index (χ3v) is 4.53. The summed E-state index contributed by atoms with van der Waals surface area (Å²) < 4.78 is 26.4. The third kappa shape index (κ3) is 3.20. The Balaban J connectivity index is 1.83. The summed E-state index contributed by atoms with van der Waals surface area (Å²) in [5.74, 6) is -0.363. The van der Waals surface area contributed by atoms with Crippen molar-refractivity contribution in [3.8, 4) is 11.3 Å². The molecule has 0 atom stereocenters. The Kier molecular flexibility index (Phi) is 4.21. The second-order valence-corrected chi connectivity index (χ2v) is 6.34. The average Bonchev–Trinajstić information content (AvgIpc) is 2.64. The molecule has 2 aromatic carbocycles. The molecular weight excluding hydrogens is 332 g/mol. The lowest BCUT2D eigenvalue weighted by Crippen LogP contribution is -2.11. The fourth-order valence-electron chi connectivity index (χ4n) is 3.32. The smallest absolute Gasteiger partial charge is 0.221 e. The first-order valence-electron chi connectivity index (χ1n) is 8.49. The maximum Gasteiger partial charge on any atom is 0.221 e. The van der Waals surface area contributed by atoms with Crippen LogP contribution >= 0.6 is 0 Å². The van der Waals surface area contributed by atoms with Gasteiger partial charge in [-0.05, 0) is 72.9 Å². The van der Waals surface area contributed by atoms with Crippen molar-refractivity contribution in [1.82, 2.24) is 9.97 Å². The first-order chi connectivity index (χ1) is 12.6. The molecule has 5 heteroatoms. The van der Waals surface area contributed by atoms with Crippen molar-refractivity contribution in [2.24, 2.45) is 0 Å². The minimum absolute atomic E-state index is 0.190. The van der Waals surface area contributed by atoms with E-state index in [2.05, 4.69) is 9.97 Å². The Morgan fingerprint density at radius 3 is 2.12 bits per heavy atom. The highest BCUT2D eigenvalue weighted by Crippen LogP contribution is 2.36. The molecule has 0 unspecified atom stereocenters. The summed E-state index contributed by atoms with van der Waals surface area (Å²) in [6, 6.07) is 12.6. The molecule has 1 aliphatic rings. The Bertz CT molecular complexity index is 977. The quantitative estimate of drug-likeness (QED) is 0.717. The van der Waals surface area contributed by atoms with Crippen molar-refractivity contribution in [2.75, 3.05) is 5.73 Å². The zero-order valence-electron chi connectivity index (χ0n) is 14.0. The van der Waals surface area contributed by atoms with Crippen LogP contribution in [0.2, 0.25) is 0 Å². The van der Waals surface area contributed by atoms with Gasteiger partial charge in [0.1, 0.15) is 11.6 Å². The van der Waals surface area contributed by atoms with E-state index in [1.165, 1.54) is 24.3 Å². The van der Waals surface area contributed by atoms with Crippen LogP contribution in [-0.2, 0) is 6.42 Å². The standard InChI is InChI=1S/C21H17F2N3/c22-16-8-4-13(5-9-16)12-15-2-1-3-18-19(25-21(24)26-20(15)18)14-6-10-17(23)11-7-14/h4-12H,1-3H2,(H2,24,25,26)/b15-12+. The molecule has 0 saturated carbocycles. The van der Waals surface area contributed by atoms with Crippen LogP contribution in [0.3, 0.4) is 0 Å². The van der Waals surface area contributed by atoms with Gasteiger partial charge in [0.15, 0.2) is 0 Å². The van der Waals surface area contributed by atoms with Gasteiger partial charge >= 0.3 is 0 Å². The number of rotatable bonds is 2. The highest BCUT2D eigenvalue weighted by atomic mass is 19.1. The number of anilines is 1. The summed E-state index contributed by atoms with van der Waals surface area (Å²) in [7, 11) is 0. The van der Waals surface area contributed by atoms with Crippen LogP contribution in [0.25, 0.3) is 22.9 Å². The second kappa shape index (κ2) is 6.67. The third-order valence-electron chi connectivity index (χ3n) is 4.53. The van der Waals surface area contributed by atoms with Gasteiger partial charge in [0, 0.05) is 11.1 Å². The molecule has 0 amide bonds. The summed E-state index contributed by atoms with van der Waals surface area (Å²) in [5, 5.41) is 0. The number of fused-ring (bicyclic) bond motifs is 1. The predicted octanol–water partition coefficient (Wildman–Crippen LogP) is 4.88. The molecule has 0 spiro atoms. The SMILES string of the molecule is Nc1nc2c(c(-c3ccc(F)cc3)n1)CCC/C2=C\c1ccc(F)cc1. The highest BCUT2D eigenvalue weighted by molar-refractivity contribution is 5.85. The van der Waals surface area contributed by atoms with E-state index in [1.807, 2.05) is 6.08 Å². The molecule has 1 aliphatic carbocycles. The van der Waals surface area contributed by atoms with Gasteiger partial charge in [-0.2, -0.15) is 0 Å². The molecule has 130 valence electrons. The van der Waals surface area contributed by atoms with Crippen LogP contribution in [0.4, 0.5) is 14.7 Å². The van der Waals surface area contributed by atoms with Crippen molar-refractivity contribution in [3.63, 3.8) is 0 Å². The van der Waals surface area contributed by atoms with Gasteiger partial charge in [0.05, 0.1) is 11.4 Å². The molecule has 0 radical (unpaired) electrons. The van der Waals surface area contributed by atoms with Crippen LogP contribution in [0.5, 0.6) is 0 Å². The first kappa shape index (κ1) is 16.4. The van der Waals surface area contributed by atoms with Gasteiger partial charge in [-0.25, -0.2) is 18.7 Å². The molecule has 1 heterocycles. The van der Waals surface area contributed by atoms with Gasteiger partial charge in [0.25, 0.3) is 0 Å².